The lowest BCUT2D eigenvalue weighted by Crippen LogP contribution is -2.45. The quantitative estimate of drug-likeness (QED) is 0.0542. The predicted octanol–water partition coefficient (Wildman–Crippen LogP) is 10.9. The lowest BCUT2D eigenvalue weighted by atomic mass is 9.84. The molecule has 11 nitrogen and oxygen atoms in total. The molecule has 0 spiro atoms. The molecule has 5 rings (SSSR count). The lowest BCUT2D eigenvalue weighted by molar-refractivity contribution is -0.150. The van der Waals surface area contributed by atoms with Gasteiger partial charge in [0.15, 0.2) is 17.1 Å². The van der Waals surface area contributed by atoms with Crippen LogP contribution in [0.3, 0.4) is 0 Å². The lowest BCUT2D eigenvalue weighted by Gasteiger charge is -2.31. The molecule has 0 N–H and O–H groups in total. The molecule has 4 heterocycles. The van der Waals surface area contributed by atoms with E-state index >= 15 is 0 Å². The first-order valence-electron chi connectivity index (χ1n) is 20.8. The van der Waals surface area contributed by atoms with Crippen LogP contribution < -0.4 is 9.47 Å². The van der Waals surface area contributed by atoms with E-state index < -0.39 is 17.9 Å². The van der Waals surface area contributed by atoms with Gasteiger partial charge in [-0.2, -0.15) is 5.26 Å². The van der Waals surface area contributed by atoms with Crippen LogP contribution in [-0.2, 0) is 28.7 Å². The Bertz CT molecular complexity index is 1850. The number of rotatable bonds is 15. The molecule has 2 fully saturated rings. The van der Waals surface area contributed by atoms with Crippen LogP contribution in [0.25, 0.3) is 0 Å². The third kappa shape index (κ3) is 11.7. The summed E-state index contributed by atoms with van der Waals surface area (Å²) >= 11 is 4.46. The van der Waals surface area contributed by atoms with Gasteiger partial charge in [0, 0.05) is 25.9 Å². The Morgan fingerprint density at radius 1 is 0.763 bits per heavy atom. The molecule has 322 valence electrons. The molecule has 4 aliphatic rings. The zero-order chi connectivity index (χ0) is 43.4. The summed E-state index contributed by atoms with van der Waals surface area (Å²) in [4.78, 5) is 70.5. The van der Waals surface area contributed by atoms with Crippen molar-refractivity contribution in [1.82, 2.24) is 10.0 Å². The number of thioether (sulfide) groups is 4. The second-order valence-electron chi connectivity index (χ2n) is 18.5. The van der Waals surface area contributed by atoms with Gasteiger partial charge in [0.1, 0.15) is 11.6 Å². The van der Waals surface area contributed by atoms with Crippen molar-refractivity contribution in [2.45, 2.75) is 153 Å². The van der Waals surface area contributed by atoms with E-state index in [9.17, 15) is 29.2 Å². The summed E-state index contributed by atoms with van der Waals surface area (Å²) in [5, 5.41) is 13.4. The van der Waals surface area contributed by atoms with Gasteiger partial charge in [-0.3, -0.25) is 19.2 Å². The van der Waals surface area contributed by atoms with E-state index in [1.54, 1.807) is 0 Å². The highest BCUT2D eigenvalue weighted by molar-refractivity contribution is 8.26. The number of carbonyl (C=O) groups is 5. The standard InChI is InChI=1S/C44H59N3O8S4/c1-11-13-16-27(12-2)24-53-40(52)28(23-45)41-56-34-32(54-29(48)19-25(3)21-43(5,6)7)36-37(33(35(34)57-41)55-30(49)20-26(4)22-44(8,9)10)59-42(58-36)31-38(50)46-17-14-15-18-47(46)39(31)51/h25-27H,11-22,24H2,1-10H3. The van der Waals surface area contributed by atoms with Crippen molar-refractivity contribution in [2.75, 3.05) is 19.7 Å². The van der Waals surface area contributed by atoms with Crippen molar-refractivity contribution in [3.05, 3.63) is 19.6 Å². The fourth-order valence-electron chi connectivity index (χ4n) is 7.96. The first kappa shape index (κ1) is 47.0. The first-order valence-corrected chi connectivity index (χ1v) is 24.1. The molecular weight excluding hydrogens is 827 g/mol. The van der Waals surface area contributed by atoms with Crippen molar-refractivity contribution in [3.8, 4) is 17.6 Å². The van der Waals surface area contributed by atoms with Crippen LogP contribution in [0.5, 0.6) is 11.5 Å². The maximum Gasteiger partial charge on any atom is 0.350 e. The third-order valence-electron chi connectivity index (χ3n) is 10.3. The average Bonchev–Trinajstić information content (AvgIpc) is 3.83. The van der Waals surface area contributed by atoms with Crippen LogP contribution in [0, 0.1) is 39.9 Å². The van der Waals surface area contributed by atoms with E-state index in [1.165, 1.54) is 10.0 Å². The maximum absolute atomic E-state index is 13.8. The molecule has 0 radical (unpaired) electrons. The fourth-order valence-corrected chi connectivity index (χ4v) is 13.4. The maximum atomic E-state index is 13.8. The second-order valence-corrected chi connectivity index (χ2v) is 23.1. The van der Waals surface area contributed by atoms with Crippen LogP contribution in [0.1, 0.15) is 133 Å². The van der Waals surface area contributed by atoms with Crippen molar-refractivity contribution in [1.29, 1.82) is 5.26 Å². The number of hydrazine groups is 1. The summed E-state index contributed by atoms with van der Waals surface area (Å²) in [7, 11) is 0. The molecule has 0 bridgehead atoms. The Balaban J connectivity index is 1.61. The molecule has 0 aliphatic carbocycles. The Morgan fingerprint density at radius 3 is 1.63 bits per heavy atom. The number of fused-ring (bicyclic) bond motifs is 3. The van der Waals surface area contributed by atoms with Gasteiger partial charge < -0.3 is 14.2 Å². The number of nitrogens with zero attached hydrogens (tertiary/aromatic N) is 3. The summed E-state index contributed by atoms with van der Waals surface area (Å²) < 4.78 is 19.0. The van der Waals surface area contributed by atoms with Crippen LogP contribution in [0.15, 0.2) is 39.2 Å². The minimum absolute atomic E-state index is 0.000477. The van der Waals surface area contributed by atoms with Crippen molar-refractivity contribution >= 4 is 76.8 Å². The number of esters is 3. The van der Waals surface area contributed by atoms with Gasteiger partial charge >= 0.3 is 17.9 Å². The highest BCUT2D eigenvalue weighted by Crippen LogP contribution is 2.69. The van der Waals surface area contributed by atoms with Crippen molar-refractivity contribution < 1.29 is 38.2 Å². The molecule has 2 saturated heterocycles. The summed E-state index contributed by atoms with van der Waals surface area (Å²) in [5.41, 5.74) is -0.191. The van der Waals surface area contributed by atoms with Crippen LogP contribution in [-0.4, -0.2) is 59.4 Å². The molecule has 1 aromatic rings. The largest absolute Gasteiger partial charge is 0.461 e. The predicted molar refractivity (Wildman–Crippen MR) is 233 cm³/mol. The minimum Gasteiger partial charge on any atom is -0.461 e. The van der Waals surface area contributed by atoms with Crippen molar-refractivity contribution in [3.63, 3.8) is 0 Å². The summed E-state index contributed by atoms with van der Waals surface area (Å²) in [6, 6.07) is 2.06. The summed E-state index contributed by atoms with van der Waals surface area (Å²) in [6.07, 6.45) is 7.16. The summed E-state index contributed by atoms with van der Waals surface area (Å²) in [6.45, 7) is 21.9. The van der Waals surface area contributed by atoms with Crippen molar-refractivity contribution in [2.24, 2.45) is 28.6 Å². The Labute approximate surface area is 366 Å². The molecule has 3 atom stereocenters. The zero-order valence-corrected chi connectivity index (χ0v) is 39.4. The monoisotopic (exact) mass is 885 g/mol. The van der Waals surface area contributed by atoms with E-state index in [0.717, 1.165) is 98.4 Å². The van der Waals surface area contributed by atoms with E-state index in [1.807, 2.05) is 20.8 Å². The van der Waals surface area contributed by atoms with E-state index in [-0.39, 0.29) is 82.5 Å². The number of nitriles is 1. The molecule has 2 amide bonds. The number of unbranched alkanes of at least 4 members (excludes halogenated alkanes) is 1. The molecule has 4 aliphatic heterocycles. The molecule has 0 aromatic heterocycles. The smallest absolute Gasteiger partial charge is 0.350 e. The van der Waals surface area contributed by atoms with Crippen LogP contribution >= 0.6 is 47.0 Å². The van der Waals surface area contributed by atoms with Crippen LogP contribution in [0.4, 0.5) is 0 Å². The fraction of sp³-hybridized carbons (Fsp3) is 0.636. The van der Waals surface area contributed by atoms with E-state index in [2.05, 4.69) is 54.5 Å². The van der Waals surface area contributed by atoms with Gasteiger partial charge in [-0.1, -0.05) is 136 Å². The van der Waals surface area contributed by atoms with E-state index in [4.69, 9.17) is 14.2 Å². The normalized spacial score (nSPS) is 17.9. The van der Waals surface area contributed by atoms with E-state index in [0.29, 0.717) is 41.1 Å². The molecule has 59 heavy (non-hydrogen) atoms. The number of hydrogen-bond donors (Lipinski definition) is 0. The molecular formula is C44H59N3O8S4. The Hall–Kier alpha value is -3.06. The molecule has 1 aromatic carbocycles. The van der Waals surface area contributed by atoms with Gasteiger partial charge in [-0.05, 0) is 60.7 Å². The second kappa shape index (κ2) is 19.8. The first-order chi connectivity index (χ1) is 27.7. The third-order valence-corrected chi connectivity index (χ3v) is 15.5. The van der Waals surface area contributed by atoms with Gasteiger partial charge in [0.2, 0.25) is 0 Å². The average molecular weight is 886 g/mol. The minimum atomic E-state index is -0.748. The number of ether oxygens (including phenoxy) is 3. The summed E-state index contributed by atoms with van der Waals surface area (Å²) in [5.74, 6) is -1.96. The Kier molecular flexibility index (Phi) is 15.7. The highest BCUT2D eigenvalue weighted by Gasteiger charge is 2.47. The molecule has 15 heteroatoms. The van der Waals surface area contributed by atoms with Gasteiger partial charge in [-0.15, -0.1) is 0 Å². The Morgan fingerprint density at radius 2 is 1.22 bits per heavy atom. The van der Waals surface area contributed by atoms with Crippen LogP contribution in [0.2, 0.25) is 0 Å². The SMILES string of the molecule is CCCCC(CC)COC(=O)C(C#N)=C1Sc2c(OC(=O)CC(C)CC(C)(C)C)c3c(c(OC(=O)CC(C)CC(C)(C)C)c2S1)SC(=C1C(=O)N2CCCCN2C1=O)S3. The topological polar surface area (TPSA) is 143 Å². The van der Waals surface area contributed by atoms with Gasteiger partial charge in [0.25, 0.3) is 11.8 Å². The zero-order valence-electron chi connectivity index (χ0n) is 36.2. The number of benzene rings is 1. The number of amides is 2. The highest BCUT2D eigenvalue weighted by atomic mass is 32.2. The molecule has 0 saturated carbocycles. The number of carbonyl (C=O) groups excluding carboxylic acids is 5. The van der Waals surface area contributed by atoms with Gasteiger partial charge in [-0.25, -0.2) is 14.8 Å². The number of hydrogen-bond acceptors (Lipinski definition) is 13. The van der Waals surface area contributed by atoms with Gasteiger partial charge in [0.05, 0.1) is 34.7 Å². The molecule has 3 unspecified atom stereocenters.